The fourth-order valence-corrected chi connectivity index (χ4v) is 13.8. The predicted octanol–water partition coefficient (Wildman–Crippen LogP) is 2.43. The van der Waals surface area contributed by atoms with Crippen molar-refractivity contribution in [3.05, 3.63) is 48.5 Å². The first kappa shape index (κ1) is 13.8. The van der Waals surface area contributed by atoms with Crippen LogP contribution >= 0.6 is 0 Å². The maximum Gasteiger partial charge on any atom is 0.117 e. The van der Waals surface area contributed by atoms with E-state index in [-0.39, 0.29) is 0 Å². The smallest absolute Gasteiger partial charge is 0.0646 e. The van der Waals surface area contributed by atoms with Gasteiger partial charge in [0.25, 0.3) is 0 Å². The van der Waals surface area contributed by atoms with Crippen LogP contribution in [-0.4, -0.2) is 16.1 Å². The van der Waals surface area contributed by atoms with Crippen molar-refractivity contribution in [2.75, 3.05) is 0 Å². The second kappa shape index (κ2) is 4.44. The Morgan fingerprint density at radius 3 is 1.35 bits per heavy atom. The van der Waals surface area contributed by atoms with Crippen LogP contribution in [0.25, 0.3) is 0 Å². The van der Waals surface area contributed by atoms with Crippen molar-refractivity contribution in [3.8, 4) is 0 Å². The first-order chi connectivity index (χ1) is 9.40. The molecule has 104 valence electrons. The standard InChI is InChI=1S/C18H24Si2/c1-14(2)20(5)17-12-8-6-10-15(17)19(3,4)16-11-7-9-13-18(16)20/h6-14H,1-5H3. The highest BCUT2D eigenvalue weighted by atomic mass is 28.3. The molecule has 1 heterocycles. The van der Waals surface area contributed by atoms with Crippen LogP contribution in [0.15, 0.2) is 48.5 Å². The minimum atomic E-state index is -1.61. The topological polar surface area (TPSA) is 0 Å². The minimum Gasteiger partial charge on any atom is -0.0646 e. The van der Waals surface area contributed by atoms with E-state index in [0.29, 0.717) is 0 Å². The molecule has 0 saturated heterocycles. The Hall–Kier alpha value is -1.13. The van der Waals surface area contributed by atoms with Crippen LogP contribution in [0.1, 0.15) is 13.8 Å². The zero-order valence-electron chi connectivity index (χ0n) is 13.2. The molecule has 0 amide bonds. The van der Waals surface area contributed by atoms with Crippen molar-refractivity contribution in [1.82, 2.24) is 0 Å². The molecule has 0 atom stereocenters. The zero-order valence-corrected chi connectivity index (χ0v) is 15.2. The highest BCUT2D eigenvalue weighted by Gasteiger charge is 2.47. The number of hydrogen-bond donors (Lipinski definition) is 0. The summed E-state index contributed by atoms with van der Waals surface area (Å²) in [5.41, 5.74) is 0.731. The Bertz CT molecular complexity index is 606. The van der Waals surface area contributed by atoms with Crippen molar-refractivity contribution >= 4 is 36.9 Å². The van der Waals surface area contributed by atoms with E-state index >= 15 is 0 Å². The van der Waals surface area contributed by atoms with Gasteiger partial charge in [-0.05, 0) is 5.54 Å². The van der Waals surface area contributed by atoms with Crippen LogP contribution in [0.4, 0.5) is 0 Å². The molecule has 0 nitrogen and oxygen atoms in total. The Morgan fingerprint density at radius 1 is 0.650 bits per heavy atom. The van der Waals surface area contributed by atoms with E-state index in [2.05, 4.69) is 82.0 Å². The van der Waals surface area contributed by atoms with E-state index in [1.54, 1.807) is 20.7 Å². The monoisotopic (exact) mass is 296 g/mol. The van der Waals surface area contributed by atoms with Crippen molar-refractivity contribution < 1.29 is 0 Å². The summed E-state index contributed by atoms with van der Waals surface area (Å²) in [6.07, 6.45) is 0. The third-order valence-electron chi connectivity index (χ3n) is 5.47. The predicted molar refractivity (Wildman–Crippen MR) is 95.6 cm³/mol. The molecule has 1 aliphatic rings. The van der Waals surface area contributed by atoms with Gasteiger partial charge in [0.15, 0.2) is 0 Å². The molecule has 0 aromatic heterocycles. The SMILES string of the molecule is CC(C)[Si]1(C)c2ccccc2[Si](C)(C)c2ccccc21. The lowest BCUT2D eigenvalue weighted by Crippen LogP contribution is -2.79. The summed E-state index contributed by atoms with van der Waals surface area (Å²) >= 11 is 0. The Balaban J connectivity index is 2.42. The van der Waals surface area contributed by atoms with E-state index in [0.717, 1.165) is 5.54 Å². The van der Waals surface area contributed by atoms with E-state index in [9.17, 15) is 0 Å². The summed E-state index contributed by atoms with van der Waals surface area (Å²) in [4.78, 5) is 0. The molecule has 3 rings (SSSR count). The van der Waals surface area contributed by atoms with Crippen LogP contribution in [-0.2, 0) is 0 Å². The Kier molecular flexibility index (Phi) is 3.07. The Labute approximate surface area is 124 Å². The number of benzene rings is 2. The van der Waals surface area contributed by atoms with Gasteiger partial charge in [-0.15, -0.1) is 0 Å². The zero-order chi connectivity index (χ0) is 14.5. The van der Waals surface area contributed by atoms with Crippen molar-refractivity contribution in [2.45, 2.75) is 39.0 Å². The maximum atomic E-state index is 2.57. The average Bonchev–Trinajstić information content (AvgIpc) is 2.45. The summed E-state index contributed by atoms with van der Waals surface area (Å²) < 4.78 is 0. The highest BCUT2D eigenvalue weighted by molar-refractivity contribution is 7.17. The van der Waals surface area contributed by atoms with Crippen molar-refractivity contribution in [2.24, 2.45) is 0 Å². The quantitative estimate of drug-likeness (QED) is 0.709. The molecular weight excluding hydrogens is 272 g/mol. The largest absolute Gasteiger partial charge is 0.117 e. The van der Waals surface area contributed by atoms with Gasteiger partial charge in [0.1, 0.15) is 16.1 Å². The molecule has 2 heteroatoms. The van der Waals surface area contributed by atoms with Gasteiger partial charge < -0.3 is 0 Å². The lowest BCUT2D eigenvalue weighted by molar-refractivity contribution is 1.03. The fourth-order valence-electron chi connectivity index (χ4n) is 3.87. The number of rotatable bonds is 1. The molecular formula is C18H24Si2. The van der Waals surface area contributed by atoms with Crippen LogP contribution in [0.3, 0.4) is 0 Å². The third kappa shape index (κ3) is 1.64. The van der Waals surface area contributed by atoms with Gasteiger partial charge in [0.05, 0.1) is 0 Å². The van der Waals surface area contributed by atoms with Crippen LogP contribution in [0.5, 0.6) is 0 Å². The van der Waals surface area contributed by atoms with Crippen molar-refractivity contribution in [3.63, 3.8) is 0 Å². The molecule has 0 saturated carbocycles. The lowest BCUT2D eigenvalue weighted by atomic mass is 10.3. The molecule has 0 bridgehead atoms. The second-order valence-electron chi connectivity index (χ2n) is 7.07. The van der Waals surface area contributed by atoms with Gasteiger partial charge in [-0.25, -0.2) is 0 Å². The van der Waals surface area contributed by atoms with Gasteiger partial charge in [0.2, 0.25) is 0 Å². The normalized spacial score (nSPS) is 18.5. The Morgan fingerprint density at radius 2 is 1.00 bits per heavy atom. The molecule has 0 aliphatic carbocycles. The van der Waals surface area contributed by atoms with E-state index in [4.69, 9.17) is 0 Å². The summed E-state index contributed by atoms with van der Waals surface area (Å²) in [6.45, 7) is 12.4. The highest BCUT2D eigenvalue weighted by Crippen LogP contribution is 2.24. The van der Waals surface area contributed by atoms with Crippen molar-refractivity contribution in [1.29, 1.82) is 0 Å². The summed E-state index contributed by atoms with van der Waals surface area (Å²) in [7, 11) is -3.14. The molecule has 2 aromatic carbocycles. The van der Waals surface area contributed by atoms with Crippen LogP contribution in [0, 0.1) is 0 Å². The van der Waals surface area contributed by atoms with Crippen LogP contribution in [0.2, 0.25) is 25.2 Å². The van der Waals surface area contributed by atoms with E-state index in [1.165, 1.54) is 0 Å². The number of hydrogen-bond acceptors (Lipinski definition) is 0. The molecule has 0 spiro atoms. The summed E-state index contributed by atoms with van der Waals surface area (Å²) in [5, 5.41) is 6.76. The third-order valence-corrected chi connectivity index (χ3v) is 15.0. The first-order valence-electron chi connectivity index (χ1n) is 7.60. The number of fused-ring (bicyclic) bond motifs is 2. The van der Waals surface area contributed by atoms with Gasteiger partial charge in [-0.1, -0.05) is 103 Å². The molecule has 20 heavy (non-hydrogen) atoms. The second-order valence-corrected chi connectivity index (χ2v) is 16.0. The molecule has 1 aliphatic heterocycles. The minimum absolute atomic E-state index is 0.731. The van der Waals surface area contributed by atoms with Gasteiger partial charge in [0, 0.05) is 0 Å². The van der Waals surface area contributed by atoms with Gasteiger partial charge >= 0.3 is 0 Å². The maximum absolute atomic E-state index is 2.57. The summed E-state index contributed by atoms with van der Waals surface area (Å²) in [6, 6.07) is 18.6. The van der Waals surface area contributed by atoms with Gasteiger partial charge in [-0.2, -0.15) is 0 Å². The first-order valence-corrected chi connectivity index (χ1v) is 13.2. The van der Waals surface area contributed by atoms with E-state index < -0.39 is 16.1 Å². The molecule has 0 unspecified atom stereocenters. The van der Waals surface area contributed by atoms with E-state index in [1.807, 2.05) is 0 Å². The lowest BCUT2D eigenvalue weighted by Gasteiger charge is -2.45. The summed E-state index contributed by atoms with van der Waals surface area (Å²) in [5.74, 6) is 0. The molecule has 0 N–H and O–H groups in total. The molecule has 0 fully saturated rings. The molecule has 2 aromatic rings. The molecule has 0 radical (unpaired) electrons. The van der Waals surface area contributed by atoms with Gasteiger partial charge in [-0.3, -0.25) is 0 Å². The fraction of sp³-hybridized carbons (Fsp3) is 0.333. The van der Waals surface area contributed by atoms with Crippen LogP contribution < -0.4 is 20.7 Å². The average molecular weight is 297 g/mol.